The summed E-state index contributed by atoms with van der Waals surface area (Å²) in [4.78, 5) is 1.34. The smallest absolute Gasteiger partial charge is 0.243 e. The Labute approximate surface area is 118 Å². The molecule has 0 spiro atoms. The molecule has 0 aliphatic carbocycles. The third-order valence-electron chi connectivity index (χ3n) is 2.37. The topological polar surface area (TPSA) is 74.8 Å². The Balaban J connectivity index is 1.96. The molecule has 0 aromatic carbocycles. The van der Waals surface area contributed by atoms with Gasteiger partial charge in [-0.25, -0.2) is 13.1 Å². The van der Waals surface area contributed by atoms with Crippen molar-refractivity contribution in [3.8, 4) is 0 Å². The summed E-state index contributed by atoms with van der Waals surface area (Å²) in [5, 5.41) is 6.32. The highest BCUT2D eigenvalue weighted by Gasteiger charge is 2.17. The molecule has 0 aliphatic rings. The van der Waals surface area contributed by atoms with Gasteiger partial charge in [0, 0.05) is 11.4 Å². The first kappa shape index (κ1) is 13.7. The summed E-state index contributed by atoms with van der Waals surface area (Å²) in [5.74, 6) is 0. The third-order valence-corrected chi connectivity index (χ3v) is 5.62. The maximum absolute atomic E-state index is 11.9. The van der Waals surface area contributed by atoms with E-state index in [1.165, 1.54) is 6.20 Å². The molecule has 2 rings (SSSR count). The normalized spacial score (nSPS) is 11.9. The molecule has 2 heterocycles. The van der Waals surface area contributed by atoms with E-state index in [1.807, 2.05) is 12.1 Å². The molecular weight excluding hydrogens is 338 g/mol. The summed E-state index contributed by atoms with van der Waals surface area (Å²) in [6, 6.07) is 3.93. The van der Waals surface area contributed by atoms with E-state index in [9.17, 15) is 8.42 Å². The number of hydrogen-bond acceptors (Lipinski definition) is 4. The monoisotopic (exact) mass is 349 g/mol. The van der Waals surface area contributed by atoms with Gasteiger partial charge in [0.05, 0.1) is 15.7 Å². The number of H-pyrrole nitrogens is 1. The molecule has 0 amide bonds. The summed E-state index contributed by atoms with van der Waals surface area (Å²) >= 11 is 4.97. The molecule has 5 nitrogen and oxygen atoms in total. The maximum atomic E-state index is 11.9. The third kappa shape index (κ3) is 3.19. The molecule has 0 atom stereocenters. The van der Waals surface area contributed by atoms with Gasteiger partial charge in [-0.3, -0.25) is 5.10 Å². The lowest BCUT2D eigenvalue weighted by Gasteiger charge is -2.04. The highest BCUT2D eigenvalue weighted by Crippen LogP contribution is 2.22. The number of thiophene rings is 1. The van der Waals surface area contributed by atoms with Crippen LogP contribution in [-0.4, -0.2) is 25.2 Å². The van der Waals surface area contributed by atoms with E-state index in [1.54, 1.807) is 18.3 Å². The SMILES string of the molecule is Cc1[nH]ncc1S(=O)(=O)NCCc1ccc(Br)s1. The Hall–Kier alpha value is -0.700. The second-order valence-corrected chi connectivity index (χ2v) is 8.00. The van der Waals surface area contributed by atoms with Gasteiger partial charge in [0.15, 0.2) is 0 Å². The van der Waals surface area contributed by atoms with Gasteiger partial charge in [-0.1, -0.05) is 0 Å². The zero-order chi connectivity index (χ0) is 13.2. The van der Waals surface area contributed by atoms with E-state index in [0.717, 1.165) is 8.66 Å². The fourth-order valence-electron chi connectivity index (χ4n) is 1.48. The van der Waals surface area contributed by atoms with Gasteiger partial charge in [0.2, 0.25) is 10.0 Å². The Bertz CT molecular complexity index is 633. The summed E-state index contributed by atoms with van der Waals surface area (Å²) in [7, 11) is -3.46. The molecule has 0 aliphatic heterocycles. The van der Waals surface area contributed by atoms with Gasteiger partial charge in [-0.2, -0.15) is 5.10 Å². The van der Waals surface area contributed by atoms with Gasteiger partial charge in [0.25, 0.3) is 0 Å². The number of rotatable bonds is 5. The van der Waals surface area contributed by atoms with Gasteiger partial charge < -0.3 is 0 Å². The average Bonchev–Trinajstić information content (AvgIpc) is 2.87. The number of sulfonamides is 1. The van der Waals surface area contributed by atoms with Crippen molar-refractivity contribution in [2.75, 3.05) is 6.54 Å². The second kappa shape index (κ2) is 5.52. The van der Waals surface area contributed by atoms with Crippen LogP contribution in [0.25, 0.3) is 0 Å². The van der Waals surface area contributed by atoms with Crippen LogP contribution in [0, 0.1) is 6.92 Å². The lowest BCUT2D eigenvalue weighted by molar-refractivity contribution is 0.581. The quantitative estimate of drug-likeness (QED) is 0.867. The molecule has 2 aromatic rings. The van der Waals surface area contributed by atoms with Crippen LogP contribution >= 0.6 is 27.3 Å². The molecule has 0 saturated heterocycles. The van der Waals surface area contributed by atoms with Crippen LogP contribution in [0.4, 0.5) is 0 Å². The first-order valence-electron chi connectivity index (χ1n) is 5.23. The summed E-state index contributed by atoms with van der Waals surface area (Å²) < 4.78 is 27.5. The number of aryl methyl sites for hydroxylation is 1. The molecule has 0 fully saturated rings. The molecule has 2 aromatic heterocycles. The highest BCUT2D eigenvalue weighted by atomic mass is 79.9. The van der Waals surface area contributed by atoms with Gasteiger partial charge in [-0.05, 0) is 41.4 Å². The Kier molecular flexibility index (Phi) is 4.21. The van der Waals surface area contributed by atoms with Crippen molar-refractivity contribution in [2.45, 2.75) is 18.2 Å². The van der Waals surface area contributed by atoms with Crippen LogP contribution in [0.1, 0.15) is 10.6 Å². The van der Waals surface area contributed by atoms with Crippen molar-refractivity contribution in [2.24, 2.45) is 0 Å². The zero-order valence-electron chi connectivity index (χ0n) is 9.60. The minimum atomic E-state index is -3.46. The summed E-state index contributed by atoms with van der Waals surface area (Å²) in [6.07, 6.45) is 1.99. The lowest BCUT2D eigenvalue weighted by atomic mass is 10.3. The van der Waals surface area contributed by atoms with Crippen molar-refractivity contribution >= 4 is 37.3 Å². The van der Waals surface area contributed by atoms with Gasteiger partial charge in [-0.15, -0.1) is 11.3 Å². The Morgan fingerprint density at radius 3 is 2.83 bits per heavy atom. The molecule has 0 unspecified atom stereocenters. The summed E-state index contributed by atoms with van der Waals surface area (Å²) in [5.41, 5.74) is 0.543. The molecule has 8 heteroatoms. The lowest BCUT2D eigenvalue weighted by Crippen LogP contribution is -2.26. The Morgan fingerprint density at radius 2 is 2.28 bits per heavy atom. The van der Waals surface area contributed by atoms with Crippen LogP contribution in [-0.2, 0) is 16.4 Å². The number of nitrogens with zero attached hydrogens (tertiary/aromatic N) is 1. The number of nitrogens with one attached hydrogen (secondary N) is 2. The largest absolute Gasteiger partial charge is 0.281 e. The first-order chi connectivity index (χ1) is 8.49. The molecule has 0 bridgehead atoms. The van der Waals surface area contributed by atoms with E-state index >= 15 is 0 Å². The molecule has 98 valence electrons. The predicted octanol–water partition coefficient (Wildman–Crippen LogP) is 2.06. The fourth-order valence-corrected chi connectivity index (χ4v) is 4.13. The zero-order valence-corrected chi connectivity index (χ0v) is 12.8. The van der Waals surface area contributed by atoms with Gasteiger partial charge in [0.1, 0.15) is 4.90 Å². The first-order valence-corrected chi connectivity index (χ1v) is 8.32. The minimum Gasteiger partial charge on any atom is -0.281 e. The van der Waals surface area contributed by atoms with E-state index in [2.05, 4.69) is 30.8 Å². The van der Waals surface area contributed by atoms with Crippen molar-refractivity contribution in [3.63, 3.8) is 0 Å². The standard InChI is InChI=1S/C10H12BrN3O2S2/c1-7-9(6-12-14-7)18(15,16)13-5-4-8-2-3-10(11)17-8/h2-3,6,13H,4-5H2,1H3,(H,12,14). The molecule has 18 heavy (non-hydrogen) atoms. The van der Waals surface area contributed by atoms with E-state index < -0.39 is 10.0 Å². The number of aromatic nitrogens is 2. The molecular formula is C10H12BrN3O2S2. The van der Waals surface area contributed by atoms with Gasteiger partial charge >= 0.3 is 0 Å². The number of halogens is 1. The van der Waals surface area contributed by atoms with Crippen LogP contribution in [0.15, 0.2) is 27.0 Å². The number of aromatic amines is 1. The molecule has 0 saturated carbocycles. The van der Waals surface area contributed by atoms with Crippen molar-refractivity contribution in [1.82, 2.24) is 14.9 Å². The predicted molar refractivity (Wildman–Crippen MR) is 74.2 cm³/mol. The van der Waals surface area contributed by atoms with Crippen LogP contribution < -0.4 is 4.72 Å². The van der Waals surface area contributed by atoms with Crippen LogP contribution in [0.2, 0.25) is 0 Å². The molecule has 2 N–H and O–H groups in total. The van der Waals surface area contributed by atoms with Crippen molar-refractivity contribution in [1.29, 1.82) is 0 Å². The maximum Gasteiger partial charge on any atom is 0.243 e. The minimum absolute atomic E-state index is 0.204. The second-order valence-electron chi connectivity index (χ2n) is 3.71. The summed E-state index contributed by atoms with van der Waals surface area (Å²) in [6.45, 7) is 2.05. The number of hydrogen-bond donors (Lipinski definition) is 2. The van der Waals surface area contributed by atoms with Crippen molar-refractivity contribution < 1.29 is 8.42 Å². The van der Waals surface area contributed by atoms with Crippen molar-refractivity contribution in [3.05, 3.63) is 32.7 Å². The average molecular weight is 350 g/mol. The van der Waals surface area contributed by atoms with Crippen LogP contribution in [0.5, 0.6) is 0 Å². The molecule has 0 radical (unpaired) electrons. The Morgan fingerprint density at radius 1 is 1.50 bits per heavy atom. The van der Waals surface area contributed by atoms with Crippen LogP contribution in [0.3, 0.4) is 0 Å². The van der Waals surface area contributed by atoms with E-state index in [-0.39, 0.29) is 4.90 Å². The highest BCUT2D eigenvalue weighted by molar-refractivity contribution is 9.11. The van der Waals surface area contributed by atoms with E-state index in [4.69, 9.17) is 0 Å². The van der Waals surface area contributed by atoms with E-state index in [0.29, 0.717) is 18.7 Å². The fraction of sp³-hybridized carbons (Fsp3) is 0.300.